The van der Waals surface area contributed by atoms with Crippen LogP contribution in [0.1, 0.15) is 25.3 Å². The summed E-state index contributed by atoms with van der Waals surface area (Å²) in [6.07, 6.45) is 7.21. The molecule has 1 aliphatic rings. The molecule has 0 radical (unpaired) electrons. The van der Waals surface area contributed by atoms with Crippen LogP contribution in [-0.4, -0.2) is 11.2 Å². The second-order valence-corrected chi connectivity index (χ2v) is 4.93. The molecule has 0 unspecified atom stereocenters. The lowest BCUT2D eigenvalue weighted by atomic mass is 9.83. The maximum Gasteiger partial charge on any atom is 0.0643 e. The van der Waals surface area contributed by atoms with Gasteiger partial charge in [0.2, 0.25) is 0 Å². The molecule has 2 rings (SSSR count). The van der Waals surface area contributed by atoms with Crippen molar-refractivity contribution in [3.05, 3.63) is 48.0 Å². The average Bonchev–Trinajstić information content (AvgIpc) is 2.30. The Kier molecular flexibility index (Phi) is 3.79. The van der Waals surface area contributed by atoms with Gasteiger partial charge in [0, 0.05) is 5.92 Å². The minimum atomic E-state index is -0.235. The molecule has 1 heteroatoms. The van der Waals surface area contributed by atoms with Crippen molar-refractivity contribution in [1.29, 1.82) is 0 Å². The Morgan fingerprint density at radius 1 is 1.31 bits per heavy atom. The first kappa shape index (κ1) is 11.4. The number of hydrogen-bond acceptors (Lipinski definition) is 1. The van der Waals surface area contributed by atoms with Crippen molar-refractivity contribution in [2.45, 2.75) is 32.3 Å². The lowest BCUT2D eigenvalue weighted by Crippen LogP contribution is -2.25. The zero-order valence-corrected chi connectivity index (χ0v) is 9.84. The monoisotopic (exact) mass is 216 g/mol. The topological polar surface area (TPSA) is 20.2 Å². The van der Waals surface area contributed by atoms with Crippen LogP contribution >= 0.6 is 0 Å². The van der Waals surface area contributed by atoms with Crippen molar-refractivity contribution >= 4 is 0 Å². The van der Waals surface area contributed by atoms with Gasteiger partial charge in [0.25, 0.3) is 0 Å². The molecular formula is C15H20O. The van der Waals surface area contributed by atoms with Crippen LogP contribution in [0.5, 0.6) is 0 Å². The highest BCUT2D eigenvalue weighted by atomic mass is 16.3. The average molecular weight is 216 g/mol. The fourth-order valence-corrected chi connectivity index (χ4v) is 2.42. The number of aliphatic hydroxyl groups is 1. The predicted molar refractivity (Wildman–Crippen MR) is 67.2 cm³/mol. The third-order valence-electron chi connectivity index (χ3n) is 3.38. The third kappa shape index (κ3) is 2.96. The summed E-state index contributed by atoms with van der Waals surface area (Å²) in [6, 6.07) is 10.2. The van der Waals surface area contributed by atoms with Gasteiger partial charge >= 0.3 is 0 Å². The Morgan fingerprint density at radius 3 is 2.75 bits per heavy atom. The smallest absolute Gasteiger partial charge is 0.0643 e. The van der Waals surface area contributed by atoms with Crippen LogP contribution in [0.15, 0.2) is 42.5 Å². The summed E-state index contributed by atoms with van der Waals surface area (Å²) in [5, 5.41) is 10.2. The van der Waals surface area contributed by atoms with Gasteiger partial charge in [-0.25, -0.2) is 0 Å². The Morgan fingerprint density at radius 2 is 2.06 bits per heavy atom. The second kappa shape index (κ2) is 5.31. The van der Waals surface area contributed by atoms with Crippen LogP contribution in [0.2, 0.25) is 0 Å². The molecule has 86 valence electrons. The van der Waals surface area contributed by atoms with Gasteiger partial charge < -0.3 is 5.11 Å². The van der Waals surface area contributed by atoms with Crippen LogP contribution in [0.25, 0.3) is 0 Å². The Bertz CT molecular complexity index is 342. The van der Waals surface area contributed by atoms with Crippen LogP contribution in [0.3, 0.4) is 0 Å². The van der Waals surface area contributed by atoms with Gasteiger partial charge in [-0.15, -0.1) is 0 Å². The number of benzene rings is 1. The molecule has 0 spiro atoms. The van der Waals surface area contributed by atoms with E-state index < -0.39 is 0 Å². The molecule has 0 saturated carbocycles. The maximum absolute atomic E-state index is 10.2. The van der Waals surface area contributed by atoms with Gasteiger partial charge in [0.05, 0.1) is 6.10 Å². The van der Waals surface area contributed by atoms with E-state index in [-0.39, 0.29) is 6.10 Å². The molecule has 0 amide bonds. The molecule has 1 nitrogen and oxygen atoms in total. The molecule has 0 saturated heterocycles. The predicted octanol–water partition coefficient (Wildman–Crippen LogP) is 3.19. The van der Waals surface area contributed by atoms with Crippen LogP contribution < -0.4 is 0 Å². The highest BCUT2D eigenvalue weighted by molar-refractivity contribution is 5.16. The first-order valence-corrected chi connectivity index (χ1v) is 6.14. The van der Waals surface area contributed by atoms with E-state index in [0.29, 0.717) is 11.8 Å². The Hall–Kier alpha value is -1.08. The lowest BCUT2D eigenvalue weighted by molar-refractivity contribution is 0.114. The molecule has 0 aromatic heterocycles. The third-order valence-corrected chi connectivity index (χ3v) is 3.38. The second-order valence-electron chi connectivity index (χ2n) is 4.93. The Labute approximate surface area is 97.8 Å². The van der Waals surface area contributed by atoms with E-state index in [4.69, 9.17) is 0 Å². The van der Waals surface area contributed by atoms with E-state index in [1.807, 2.05) is 18.2 Å². The van der Waals surface area contributed by atoms with Gasteiger partial charge in [-0.3, -0.25) is 0 Å². The zero-order chi connectivity index (χ0) is 11.4. The van der Waals surface area contributed by atoms with Crippen LogP contribution in [0.4, 0.5) is 0 Å². The normalized spacial score (nSPS) is 26.6. The van der Waals surface area contributed by atoms with E-state index >= 15 is 0 Å². The summed E-state index contributed by atoms with van der Waals surface area (Å²) in [7, 11) is 0. The number of allylic oxidation sites excluding steroid dienone is 1. The van der Waals surface area contributed by atoms with Gasteiger partial charge in [-0.2, -0.15) is 0 Å². The minimum absolute atomic E-state index is 0.235. The summed E-state index contributed by atoms with van der Waals surface area (Å²) in [4.78, 5) is 0. The quantitative estimate of drug-likeness (QED) is 0.769. The van der Waals surface area contributed by atoms with E-state index in [2.05, 4.69) is 31.2 Å². The van der Waals surface area contributed by atoms with Crippen molar-refractivity contribution in [2.24, 2.45) is 11.8 Å². The number of aliphatic hydroxyl groups excluding tert-OH is 1. The van der Waals surface area contributed by atoms with Gasteiger partial charge in [-0.05, 0) is 30.7 Å². The van der Waals surface area contributed by atoms with Gasteiger partial charge in [-0.1, -0.05) is 49.4 Å². The minimum Gasteiger partial charge on any atom is -0.392 e. The van der Waals surface area contributed by atoms with Crippen molar-refractivity contribution in [1.82, 2.24) is 0 Å². The fourth-order valence-electron chi connectivity index (χ4n) is 2.42. The largest absolute Gasteiger partial charge is 0.392 e. The Balaban J connectivity index is 1.95. The van der Waals surface area contributed by atoms with E-state index in [1.165, 1.54) is 5.56 Å². The summed E-state index contributed by atoms with van der Waals surface area (Å²) < 4.78 is 0. The molecule has 16 heavy (non-hydrogen) atoms. The SMILES string of the molecule is C[C@@H]1CC=C[C@@H]([C@H](O)Cc2ccccc2)C1. The summed E-state index contributed by atoms with van der Waals surface area (Å²) in [6.45, 7) is 2.26. The number of rotatable bonds is 3. The molecular weight excluding hydrogens is 196 g/mol. The van der Waals surface area contributed by atoms with E-state index in [1.54, 1.807) is 0 Å². The highest BCUT2D eigenvalue weighted by Gasteiger charge is 2.21. The highest BCUT2D eigenvalue weighted by Crippen LogP contribution is 2.26. The molecule has 1 aliphatic carbocycles. The summed E-state index contributed by atoms with van der Waals surface area (Å²) in [5.74, 6) is 1.05. The van der Waals surface area contributed by atoms with Crippen molar-refractivity contribution in [3.63, 3.8) is 0 Å². The molecule has 0 bridgehead atoms. The maximum atomic E-state index is 10.2. The van der Waals surface area contributed by atoms with Crippen molar-refractivity contribution in [2.75, 3.05) is 0 Å². The van der Waals surface area contributed by atoms with Crippen LogP contribution in [0, 0.1) is 11.8 Å². The molecule has 1 aromatic rings. The molecule has 0 fully saturated rings. The van der Waals surface area contributed by atoms with Gasteiger partial charge in [0.15, 0.2) is 0 Å². The number of hydrogen-bond donors (Lipinski definition) is 1. The molecule has 0 aliphatic heterocycles. The van der Waals surface area contributed by atoms with Crippen LogP contribution in [-0.2, 0) is 6.42 Å². The van der Waals surface area contributed by atoms with Crippen molar-refractivity contribution in [3.8, 4) is 0 Å². The molecule has 1 N–H and O–H groups in total. The zero-order valence-electron chi connectivity index (χ0n) is 9.84. The molecule has 0 heterocycles. The van der Waals surface area contributed by atoms with Gasteiger partial charge in [0.1, 0.15) is 0 Å². The first-order chi connectivity index (χ1) is 7.75. The van der Waals surface area contributed by atoms with Crippen molar-refractivity contribution < 1.29 is 5.11 Å². The van der Waals surface area contributed by atoms with E-state index in [9.17, 15) is 5.11 Å². The summed E-state index contributed by atoms with van der Waals surface area (Å²) in [5.41, 5.74) is 1.22. The van der Waals surface area contributed by atoms with E-state index in [0.717, 1.165) is 19.3 Å². The standard InChI is InChI=1S/C15H20O/c1-12-6-5-9-14(10-12)15(16)11-13-7-3-2-4-8-13/h2-5,7-9,12,14-16H,6,10-11H2,1H3/t12-,14-,15-/m1/s1. The fraction of sp³-hybridized carbons (Fsp3) is 0.467. The summed E-state index contributed by atoms with van der Waals surface area (Å²) >= 11 is 0. The molecule has 1 aromatic carbocycles. The molecule has 3 atom stereocenters. The first-order valence-electron chi connectivity index (χ1n) is 6.14. The lowest BCUT2D eigenvalue weighted by Gasteiger charge is -2.26.